The zero-order valence-corrected chi connectivity index (χ0v) is 20.3. The molecule has 1 heterocycles. The summed E-state index contributed by atoms with van der Waals surface area (Å²) in [4.78, 5) is 6.24. The Kier molecular flexibility index (Phi) is 7.80. The molecule has 3 aromatic carbocycles. The highest BCUT2D eigenvalue weighted by molar-refractivity contribution is 8.04. The third kappa shape index (κ3) is 5.55. The third-order valence-corrected chi connectivity index (χ3v) is 8.92. The summed E-state index contributed by atoms with van der Waals surface area (Å²) in [6, 6.07) is 20.9. The number of halogens is 4. The molecule has 3 aromatic rings. The maximum Gasteiger partial charge on any atom is 0.485 e. The summed E-state index contributed by atoms with van der Waals surface area (Å²) in [5.41, 5.74) is -5.65. The van der Waals surface area contributed by atoms with Crippen LogP contribution in [-0.2, 0) is 21.0 Å². The molecule has 0 spiro atoms. The molecule has 4 rings (SSSR count). The smallest absolute Gasteiger partial charge is 0.485 e. The minimum atomic E-state index is -6.09. The van der Waals surface area contributed by atoms with Gasteiger partial charge in [-0.3, -0.25) is 0 Å². The SMILES string of the molecule is COc1cc([S+]2c3ccccc3Sc3ccccc32)c(OC)cc1Cl.O=S(=O)([O-])C(F)(F)F. The number of rotatable bonds is 3. The van der Waals surface area contributed by atoms with E-state index >= 15 is 0 Å². The van der Waals surface area contributed by atoms with Gasteiger partial charge in [0.15, 0.2) is 25.7 Å². The van der Waals surface area contributed by atoms with Crippen molar-refractivity contribution in [2.75, 3.05) is 14.2 Å². The van der Waals surface area contributed by atoms with Gasteiger partial charge < -0.3 is 14.0 Å². The van der Waals surface area contributed by atoms with Gasteiger partial charge in [-0.25, -0.2) is 8.42 Å². The Balaban J connectivity index is 0.000000331. The molecule has 0 saturated heterocycles. The minimum absolute atomic E-state index is 0.274. The summed E-state index contributed by atoms with van der Waals surface area (Å²) < 4.78 is 70.0. The van der Waals surface area contributed by atoms with Crippen molar-refractivity contribution in [2.45, 2.75) is 30.0 Å². The van der Waals surface area contributed by atoms with Crippen LogP contribution in [0.2, 0.25) is 5.02 Å². The molecule has 0 bridgehead atoms. The molecule has 0 unspecified atom stereocenters. The number of hydrogen-bond acceptors (Lipinski definition) is 6. The molecule has 0 N–H and O–H groups in total. The number of methoxy groups -OCH3 is 2. The van der Waals surface area contributed by atoms with Crippen LogP contribution in [0.1, 0.15) is 0 Å². The van der Waals surface area contributed by atoms with Crippen molar-refractivity contribution in [2.24, 2.45) is 0 Å². The Morgan fingerprint density at radius 2 is 1.33 bits per heavy atom. The largest absolute Gasteiger partial charge is 0.741 e. The molecule has 0 radical (unpaired) electrons. The highest BCUT2D eigenvalue weighted by atomic mass is 35.5. The standard InChI is InChI=1S/C20H16ClO2S2.CHF3O3S/c1-22-14-12-20(15(23-2)11-13(14)21)25-18-9-5-3-7-16(18)24-17-8-4-6-10-19(17)25;2-1(3,4)8(5,6)7/h3-12H,1-2H3;(H,5,6,7)/q+1;/p-1. The van der Waals surface area contributed by atoms with E-state index in [0.717, 1.165) is 10.6 Å². The fourth-order valence-electron chi connectivity index (χ4n) is 2.87. The van der Waals surface area contributed by atoms with E-state index < -0.39 is 15.6 Å². The third-order valence-electron chi connectivity index (χ3n) is 4.30. The maximum absolute atomic E-state index is 10.7. The zero-order chi connectivity index (χ0) is 24.4. The summed E-state index contributed by atoms with van der Waals surface area (Å²) in [7, 11) is -3.04. The van der Waals surface area contributed by atoms with Gasteiger partial charge in [-0.2, -0.15) is 13.2 Å². The van der Waals surface area contributed by atoms with Gasteiger partial charge >= 0.3 is 5.51 Å². The van der Waals surface area contributed by atoms with Gasteiger partial charge in [-0.05, 0) is 24.3 Å². The van der Waals surface area contributed by atoms with Crippen molar-refractivity contribution in [3.05, 3.63) is 65.7 Å². The quantitative estimate of drug-likeness (QED) is 0.182. The van der Waals surface area contributed by atoms with E-state index in [1.807, 2.05) is 23.9 Å². The Hall–Kier alpha value is -2.05. The van der Waals surface area contributed by atoms with Gasteiger partial charge in [0.2, 0.25) is 4.90 Å². The van der Waals surface area contributed by atoms with Crippen LogP contribution in [0.5, 0.6) is 11.5 Å². The molecule has 1 aliphatic heterocycles. The lowest BCUT2D eigenvalue weighted by Gasteiger charge is -2.20. The van der Waals surface area contributed by atoms with Crippen molar-refractivity contribution in [3.63, 3.8) is 0 Å². The first kappa shape index (κ1) is 25.6. The molecular formula is C21H16ClF3O5S3. The van der Waals surface area contributed by atoms with Crippen molar-refractivity contribution < 1.29 is 35.6 Å². The van der Waals surface area contributed by atoms with Crippen molar-refractivity contribution in [1.29, 1.82) is 0 Å². The molecule has 0 fully saturated rings. The molecule has 12 heteroatoms. The Bertz CT molecular complexity index is 1220. The number of fused-ring (bicyclic) bond motifs is 2. The van der Waals surface area contributed by atoms with Crippen molar-refractivity contribution in [3.8, 4) is 11.5 Å². The Morgan fingerprint density at radius 3 is 1.76 bits per heavy atom. The second-order valence-corrected chi connectivity index (χ2v) is 11.1. The van der Waals surface area contributed by atoms with Crippen LogP contribution in [-0.4, -0.2) is 32.7 Å². The Labute approximate surface area is 201 Å². The summed E-state index contributed by atoms with van der Waals surface area (Å²) in [6.45, 7) is 0. The minimum Gasteiger partial charge on any atom is -0.741 e. The molecule has 0 atom stereocenters. The summed E-state index contributed by atoms with van der Waals surface area (Å²) in [6.07, 6.45) is 0. The lowest BCUT2D eigenvalue weighted by molar-refractivity contribution is -0.0517. The molecule has 0 saturated carbocycles. The number of ether oxygens (including phenoxy) is 2. The number of alkyl halides is 3. The summed E-state index contributed by atoms with van der Waals surface area (Å²) in [5.74, 6) is 1.45. The van der Waals surface area contributed by atoms with Crippen LogP contribution < -0.4 is 9.47 Å². The second-order valence-electron chi connectivity index (χ2n) is 6.34. The highest BCUT2D eigenvalue weighted by Crippen LogP contribution is 2.51. The predicted molar refractivity (Wildman–Crippen MR) is 119 cm³/mol. The van der Waals surface area contributed by atoms with E-state index in [2.05, 4.69) is 48.5 Å². The van der Waals surface area contributed by atoms with Gasteiger partial charge in [0, 0.05) is 12.1 Å². The molecule has 0 amide bonds. The molecular weight excluding hydrogens is 521 g/mol. The molecule has 5 nitrogen and oxygen atoms in total. The van der Waals surface area contributed by atoms with E-state index in [1.165, 1.54) is 19.6 Å². The number of hydrogen-bond donors (Lipinski definition) is 0. The van der Waals surface area contributed by atoms with Crippen LogP contribution >= 0.6 is 23.4 Å². The molecule has 33 heavy (non-hydrogen) atoms. The van der Waals surface area contributed by atoms with Crippen molar-refractivity contribution in [1.82, 2.24) is 0 Å². The monoisotopic (exact) mass is 536 g/mol. The van der Waals surface area contributed by atoms with Gasteiger partial charge in [0.05, 0.1) is 29.0 Å². The van der Waals surface area contributed by atoms with Crippen LogP contribution in [0.25, 0.3) is 0 Å². The topological polar surface area (TPSA) is 75.7 Å². The van der Waals surface area contributed by atoms with E-state index in [1.54, 1.807) is 14.2 Å². The predicted octanol–water partition coefficient (Wildman–Crippen LogP) is 5.97. The lowest BCUT2D eigenvalue weighted by atomic mass is 10.3. The second kappa shape index (κ2) is 10.1. The molecule has 0 aromatic heterocycles. The van der Waals surface area contributed by atoms with E-state index in [4.69, 9.17) is 34.0 Å². The fraction of sp³-hybridized carbons (Fsp3) is 0.143. The first-order valence-electron chi connectivity index (χ1n) is 9.01. The van der Waals surface area contributed by atoms with E-state index in [9.17, 15) is 13.2 Å². The van der Waals surface area contributed by atoms with Gasteiger partial charge in [-0.15, -0.1) is 0 Å². The average molecular weight is 537 g/mol. The summed E-state index contributed by atoms with van der Waals surface area (Å²) in [5, 5.41) is 0.555. The lowest BCUT2D eigenvalue weighted by Crippen LogP contribution is -2.21. The van der Waals surface area contributed by atoms with Gasteiger partial charge in [-0.1, -0.05) is 47.6 Å². The van der Waals surface area contributed by atoms with Crippen LogP contribution in [0.3, 0.4) is 0 Å². The first-order valence-corrected chi connectivity index (χ1v) is 12.8. The van der Waals surface area contributed by atoms with Crippen LogP contribution in [0.15, 0.2) is 85.1 Å². The molecule has 0 aliphatic carbocycles. The average Bonchev–Trinajstić information content (AvgIpc) is 2.76. The number of benzene rings is 3. The normalized spacial score (nSPS) is 13.3. The van der Waals surface area contributed by atoms with Gasteiger partial charge in [0.25, 0.3) is 0 Å². The first-order chi connectivity index (χ1) is 15.5. The van der Waals surface area contributed by atoms with E-state index in [-0.39, 0.29) is 10.9 Å². The Morgan fingerprint density at radius 1 is 0.879 bits per heavy atom. The highest BCUT2D eigenvalue weighted by Gasteiger charge is 2.40. The van der Waals surface area contributed by atoms with Gasteiger partial charge in [0.1, 0.15) is 16.6 Å². The van der Waals surface area contributed by atoms with Crippen LogP contribution in [0.4, 0.5) is 13.2 Å². The van der Waals surface area contributed by atoms with Crippen molar-refractivity contribution >= 4 is 44.4 Å². The zero-order valence-electron chi connectivity index (χ0n) is 17.1. The van der Waals surface area contributed by atoms with Crippen LogP contribution in [0, 0.1) is 0 Å². The molecule has 176 valence electrons. The fourth-order valence-corrected chi connectivity index (χ4v) is 6.97. The van der Waals surface area contributed by atoms with E-state index in [0.29, 0.717) is 10.8 Å². The molecule has 1 aliphatic rings. The summed E-state index contributed by atoms with van der Waals surface area (Å²) >= 11 is 8.13. The maximum atomic E-state index is 10.7.